The van der Waals surface area contributed by atoms with Gasteiger partial charge in [0.25, 0.3) is 0 Å². The van der Waals surface area contributed by atoms with Crippen LogP contribution in [0.2, 0.25) is 0 Å². The van der Waals surface area contributed by atoms with E-state index in [1.807, 2.05) is 0 Å². The smallest absolute Gasteiger partial charge is 0.158 e. The largest absolute Gasteiger partial charge is 0.353 e. The Balaban J connectivity index is 1.76. The van der Waals surface area contributed by atoms with Crippen molar-refractivity contribution in [2.45, 2.75) is 76.1 Å². The van der Waals surface area contributed by atoms with Crippen LogP contribution in [0.15, 0.2) is 0 Å². The van der Waals surface area contributed by atoms with E-state index < -0.39 is 0 Å². The minimum atomic E-state index is 0.0431. The van der Waals surface area contributed by atoms with Gasteiger partial charge in [0.1, 0.15) is 0 Å². The van der Waals surface area contributed by atoms with Gasteiger partial charge in [-0.25, -0.2) is 0 Å². The van der Waals surface area contributed by atoms with Crippen molar-refractivity contribution >= 4 is 0 Å². The second-order valence-corrected chi connectivity index (χ2v) is 6.66. The highest BCUT2D eigenvalue weighted by Crippen LogP contribution is 2.52. The van der Waals surface area contributed by atoms with Gasteiger partial charge in [0.05, 0.1) is 5.60 Å². The molecule has 0 aromatic carbocycles. The molecule has 3 rings (SSSR count). The standard InChI is InChI=1S/C16H29NO2/c17-11-10-16(19-15-9-1-2-12-18-15)13-5-3-6-14(16)8-4-7-13/h13-15H,1-12,17H2. The fourth-order valence-corrected chi connectivity index (χ4v) is 4.75. The summed E-state index contributed by atoms with van der Waals surface area (Å²) in [7, 11) is 0. The molecule has 0 amide bonds. The van der Waals surface area contributed by atoms with E-state index in [1.54, 1.807) is 0 Å². The lowest BCUT2D eigenvalue weighted by molar-refractivity contribution is -0.273. The van der Waals surface area contributed by atoms with Crippen molar-refractivity contribution in [1.29, 1.82) is 0 Å². The maximum atomic E-state index is 6.63. The van der Waals surface area contributed by atoms with E-state index in [4.69, 9.17) is 15.2 Å². The predicted octanol–water partition coefficient (Wildman–Crippen LogP) is 3.22. The molecule has 2 N–H and O–H groups in total. The number of nitrogens with two attached hydrogens (primary N) is 1. The Morgan fingerprint density at radius 3 is 2.16 bits per heavy atom. The summed E-state index contributed by atoms with van der Waals surface area (Å²) in [4.78, 5) is 0. The molecule has 2 saturated carbocycles. The molecule has 1 atom stereocenters. The average molecular weight is 267 g/mol. The number of ether oxygens (including phenoxy) is 2. The predicted molar refractivity (Wildman–Crippen MR) is 75.8 cm³/mol. The molecule has 1 saturated heterocycles. The summed E-state index contributed by atoms with van der Waals surface area (Å²) < 4.78 is 12.5. The van der Waals surface area contributed by atoms with Gasteiger partial charge in [0.15, 0.2) is 6.29 Å². The molecule has 3 aliphatic rings. The first kappa shape index (κ1) is 13.8. The first-order valence-electron chi connectivity index (χ1n) is 8.34. The van der Waals surface area contributed by atoms with Crippen LogP contribution >= 0.6 is 0 Å². The van der Waals surface area contributed by atoms with E-state index in [0.717, 1.165) is 37.8 Å². The number of hydrogen-bond acceptors (Lipinski definition) is 3. The van der Waals surface area contributed by atoms with Crippen LogP contribution in [0.25, 0.3) is 0 Å². The Morgan fingerprint density at radius 1 is 0.947 bits per heavy atom. The molecule has 3 fully saturated rings. The lowest BCUT2D eigenvalue weighted by atomic mass is 9.60. The van der Waals surface area contributed by atoms with Crippen molar-refractivity contribution in [3.8, 4) is 0 Å². The summed E-state index contributed by atoms with van der Waals surface area (Å²) in [6, 6.07) is 0. The number of rotatable bonds is 4. The van der Waals surface area contributed by atoms with E-state index in [-0.39, 0.29) is 11.9 Å². The molecule has 1 heterocycles. The van der Waals surface area contributed by atoms with Crippen LogP contribution in [-0.2, 0) is 9.47 Å². The van der Waals surface area contributed by atoms with Crippen LogP contribution in [0, 0.1) is 11.8 Å². The molecule has 19 heavy (non-hydrogen) atoms. The molecule has 0 radical (unpaired) electrons. The van der Waals surface area contributed by atoms with Crippen LogP contribution in [0.4, 0.5) is 0 Å². The fourth-order valence-electron chi connectivity index (χ4n) is 4.75. The minimum Gasteiger partial charge on any atom is -0.353 e. The maximum Gasteiger partial charge on any atom is 0.158 e. The third kappa shape index (κ3) is 2.70. The highest BCUT2D eigenvalue weighted by molar-refractivity contribution is 5.01. The third-order valence-electron chi connectivity index (χ3n) is 5.62. The Bertz CT molecular complexity index is 266. The summed E-state index contributed by atoms with van der Waals surface area (Å²) in [5.41, 5.74) is 5.98. The van der Waals surface area contributed by atoms with Gasteiger partial charge in [-0.05, 0) is 69.7 Å². The van der Waals surface area contributed by atoms with Gasteiger partial charge in [-0.2, -0.15) is 0 Å². The lowest BCUT2D eigenvalue weighted by Crippen LogP contribution is -2.55. The van der Waals surface area contributed by atoms with Gasteiger partial charge in [-0.1, -0.05) is 12.8 Å². The highest BCUT2D eigenvalue weighted by Gasteiger charge is 2.51. The van der Waals surface area contributed by atoms with Crippen LogP contribution in [0.5, 0.6) is 0 Å². The molecular formula is C16H29NO2. The quantitative estimate of drug-likeness (QED) is 0.850. The summed E-state index contributed by atoms with van der Waals surface area (Å²) in [6.45, 7) is 1.62. The van der Waals surface area contributed by atoms with Gasteiger partial charge >= 0.3 is 0 Å². The number of hydrogen-bond donors (Lipinski definition) is 1. The molecule has 0 aromatic rings. The van der Waals surface area contributed by atoms with Gasteiger partial charge in [-0.15, -0.1) is 0 Å². The molecule has 0 spiro atoms. The van der Waals surface area contributed by atoms with Crippen molar-refractivity contribution in [3.05, 3.63) is 0 Å². The zero-order chi connectivity index (χ0) is 13.1. The van der Waals surface area contributed by atoms with E-state index in [0.29, 0.717) is 0 Å². The van der Waals surface area contributed by atoms with Crippen molar-refractivity contribution in [3.63, 3.8) is 0 Å². The molecule has 2 bridgehead atoms. The van der Waals surface area contributed by atoms with Crippen LogP contribution in [-0.4, -0.2) is 25.0 Å². The molecule has 1 unspecified atom stereocenters. The van der Waals surface area contributed by atoms with E-state index >= 15 is 0 Å². The highest BCUT2D eigenvalue weighted by atomic mass is 16.7. The number of fused-ring (bicyclic) bond motifs is 2. The van der Waals surface area contributed by atoms with Crippen molar-refractivity contribution < 1.29 is 9.47 Å². The molecule has 110 valence electrons. The van der Waals surface area contributed by atoms with Crippen LogP contribution in [0.1, 0.15) is 64.2 Å². The molecule has 3 nitrogen and oxygen atoms in total. The second-order valence-electron chi connectivity index (χ2n) is 6.66. The van der Waals surface area contributed by atoms with Gasteiger partial charge < -0.3 is 15.2 Å². The van der Waals surface area contributed by atoms with Gasteiger partial charge in [-0.3, -0.25) is 0 Å². The fraction of sp³-hybridized carbons (Fsp3) is 1.00. The third-order valence-corrected chi connectivity index (χ3v) is 5.62. The molecule has 2 aliphatic carbocycles. The van der Waals surface area contributed by atoms with Crippen LogP contribution in [0.3, 0.4) is 0 Å². The van der Waals surface area contributed by atoms with E-state index in [2.05, 4.69) is 0 Å². The molecule has 0 aromatic heterocycles. The van der Waals surface area contributed by atoms with E-state index in [1.165, 1.54) is 51.4 Å². The first-order valence-corrected chi connectivity index (χ1v) is 8.34. The van der Waals surface area contributed by atoms with Crippen LogP contribution < -0.4 is 5.73 Å². The average Bonchev–Trinajstić information content (AvgIpc) is 2.39. The SMILES string of the molecule is NCCC1(OC2CCCCO2)C2CCCC1CCC2. The minimum absolute atomic E-state index is 0.0431. The Kier molecular flexibility index (Phi) is 4.45. The Hall–Kier alpha value is -0.120. The molecule has 3 heteroatoms. The normalized spacial score (nSPS) is 43.1. The summed E-state index contributed by atoms with van der Waals surface area (Å²) in [6.07, 6.45) is 12.7. The van der Waals surface area contributed by atoms with Crippen molar-refractivity contribution in [1.82, 2.24) is 0 Å². The Labute approximate surface area is 117 Å². The first-order chi connectivity index (χ1) is 9.35. The van der Waals surface area contributed by atoms with Gasteiger partial charge in [0, 0.05) is 6.61 Å². The van der Waals surface area contributed by atoms with Crippen molar-refractivity contribution in [2.24, 2.45) is 17.6 Å². The zero-order valence-corrected chi connectivity index (χ0v) is 12.1. The van der Waals surface area contributed by atoms with Crippen molar-refractivity contribution in [2.75, 3.05) is 13.2 Å². The molecule has 1 aliphatic heterocycles. The van der Waals surface area contributed by atoms with E-state index in [9.17, 15) is 0 Å². The summed E-state index contributed by atoms with van der Waals surface area (Å²) >= 11 is 0. The maximum absolute atomic E-state index is 6.63. The Morgan fingerprint density at radius 2 is 1.63 bits per heavy atom. The lowest BCUT2D eigenvalue weighted by Gasteiger charge is -2.54. The zero-order valence-electron chi connectivity index (χ0n) is 12.1. The summed E-state index contributed by atoms with van der Waals surface area (Å²) in [5, 5.41) is 0. The topological polar surface area (TPSA) is 44.5 Å². The second kappa shape index (κ2) is 6.11. The monoisotopic (exact) mass is 267 g/mol. The summed E-state index contributed by atoms with van der Waals surface area (Å²) in [5.74, 6) is 1.46. The molecular weight excluding hydrogens is 238 g/mol. The van der Waals surface area contributed by atoms with Gasteiger partial charge in [0.2, 0.25) is 0 Å².